The molecule has 7 heteroatoms. The van der Waals surface area contributed by atoms with Crippen molar-refractivity contribution >= 4 is 11.6 Å². The van der Waals surface area contributed by atoms with Crippen molar-refractivity contribution in [3.8, 4) is 0 Å². The first-order valence-corrected chi connectivity index (χ1v) is 8.89. The number of hydrogen-bond acceptors (Lipinski definition) is 5. The molecule has 0 N–H and O–H groups in total. The summed E-state index contributed by atoms with van der Waals surface area (Å²) < 4.78 is 2.14. The zero-order chi connectivity index (χ0) is 17.2. The maximum absolute atomic E-state index is 12.6. The van der Waals surface area contributed by atoms with Gasteiger partial charge in [0.15, 0.2) is 0 Å². The van der Waals surface area contributed by atoms with Gasteiger partial charge >= 0.3 is 0 Å². The van der Waals surface area contributed by atoms with Gasteiger partial charge in [0.05, 0.1) is 13.1 Å². The molecule has 3 heterocycles. The number of para-hydroxylation sites is 1. The fourth-order valence-electron chi connectivity index (χ4n) is 3.63. The molecule has 25 heavy (non-hydrogen) atoms. The van der Waals surface area contributed by atoms with Crippen molar-refractivity contribution in [2.75, 3.05) is 44.2 Å². The smallest absolute Gasteiger partial charge is 0.236 e. The normalized spacial score (nSPS) is 18.3. The highest BCUT2D eigenvalue weighted by molar-refractivity contribution is 5.78. The predicted octanol–water partition coefficient (Wildman–Crippen LogP) is 0.751. The van der Waals surface area contributed by atoms with Gasteiger partial charge in [-0.2, -0.15) is 0 Å². The largest absolute Gasteiger partial charge is 0.368 e. The molecule has 0 radical (unpaired) electrons. The number of rotatable bonds is 3. The number of benzene rings is 1. The van der Waals surface area contributed by atoms with Crippen molar-refractivity contribution < 1.29 is 4.79 Å². The highest BCUT2D eigenvalue weighted by atomic mass is 16.2. The van der Waals surface area contributed by atoms with Crippen LogP contribution in [0.2, 0.25) is 0 Å². The Hall–Kier alpha value is -2.41. The van der Waals surface area contributed by atoms with Gasteiger partial charge in [0.1, 0.15) is 11.6 Å². The molecule has 0 unspecified atom stereocenters. The Labute approximate surface area is 147 Å². The van der Waals surface area contributed by atoms with Crippen LogP contribution >= 0.6 is 0 Å². The molecule has 1 saturated heterocycles. The Bertz CT molecular complexity index is 735. The monoisotopic (exact) mass is 340 g/mol. The number of amides is 1. The van der Waals surface area contributed by atoms with E-state index in [0.717, 1.165) is 50.9 Å². The molecule has 0 atom stereocenters. The van der Waals surface area contributed by atoms with Gasteiger partial charge in [0.2, 0.25) is 5.91 Å². The summed E-state index contributed by atoms with van der Waals surface area (Å²) in [5, 5.41) is 8.33. The fourth-order valence-corrected chi connectivity index (χ4v) is 3.63. The molecule has 7 nitrogen and oxygen atoms in total. The Balaban J connectivity index is 1.30. The zero-order valence-electron chi connectivity index (χ0n) is 14.6. The first kappa shape index (κ1) is 16.1. The Kier molecular flexibility index (Phi) is 4.40. The quantitative estimate of drug-likeness (QED) is 0.825. The standard InChI is InChI=1S/C18H24N6O/c1-15-19-20-17-13-21(7-12-24(15)17)14-18(25)23-10-8-22(9-11-23)16-5-3-2-4-6-16/h2-6H,7-14H2,1H3. The molecule has 0 aliphatic carbocycles. The van der Waals surface area contributed by atoms with Gasteiger partial charge in [-0.1, -0.05) is 18.2 Å². The number of aryl methyl sites for hydroxylation is 1. The van der Waals surface area contributed by atoms with Gasteiger partial charge in [-0.25, -0.2) is 0 Å². The second kappa shape index (κ2) is 6.84. The topological polar surface area (TPSA) is 57.5 Å². The Morgan fingerprint density at radius 1 is 1.00 bits per heavy atom. The summed E-state index contributed by atoms with van der Waals surface area (Å²) in [5.41, 5.74) is 1.24. The van der Waals surface area contributed by atoms with Crippen LogP contribution in [-0.4, -0.2) is 69.7 Å². The molecule has 132 valence electrons. The van der Waals surface area contributed by atoms with E-state index in [-0.39, 0.29) is 5.91 Å². The van der Waals surface area contributed by atoms with Gasteiger partial charge in [-0.3, -0.25) is 9.69 Å². The minimum atomic E-state index is 0.220. The molecule has 2 aromatic rings. The SMILES string of the molecule is Cc1nnc2n1CCN(CC(=O)N1CCN(c3ccccc3)CC1)C2. The molecule has 0 spiro atoms. The summed E-state index contributed by atoms with van der Waals surface area (Å²) in [4.78, 5) is 19.2. The minimum absolute atomic E-state index is 0.220. The number of nitrogens with zero attached hydrogens (tertiary/aromatic N) is 6. The van der Waals surface area contributed by atoms with Crippen LogP contribution in [0.5, 0.6) is 0 Å². The van der Waals surface area contributed by atoms with E-state index < -0.39 is 0 Å². The highest BCUT2D eigenvalue weighted by Gasteiger charge is 2.25. The van der Waals surface area contributed by atoms with E-state index in [9.17, 15) is 4.79 Å². The Morgan fingerprint density at radius 3 is 2.52 bits per heavy atom. The van der Waals surface area contributed by atoms with Gasteiger partial charge in [0, 0.05) is 45.0 Å². The first-order valence-electron chi connectivity index (χ1n) is 8.89. The van der Waals surface area contributed by atoms with Crippen molar-refractivity contribution in [3.63, 3.8) is 0 Å². The third-order valence-electron chi connectivity index (χ3n) is 5.13. The fraction of sp³-hybridized carbons (Fsp3) is 0.500. The van der Waals surface area contributed by atoms with E-state index in [1.165, 1.54) is 5.69 Å². The summed E-state index contributed by atoms with van der Waals surface area (Å²) in [6.45, 7) is 8.25. The number of piperazine rings is 1. The molecular formula is C18H24N6O. The summed E-state index contributed by atoms with van der Waals surface area (Å²) in [6.07, 6.45) is 0. The average Bonchev–Trinajstić information content (AvgIpc) is 3.03. The van der Waals surface area contributed by atoms with Crippen LogP contribution in [-0.2, 0) is 17.9 Å². The first-order chi connectivity index (χ1) is 12.2. The van der Waals surface area contributed by atoms with Crippen LogP contribution in [0.4, 0.5) is 5.69 Å². The van der Waals surface area contributed by atoms with Gasteiger partial charge in [-0.05, 0) is 19.1 Å². The van der Waals surface area contributed by atoms with Gasteiger partial charge < -0.3 is 14.4 Å². The maximum atomic E-state index is 12.6. The molecule has 4 rings (SSSR count). The summed E-state index contributed by atoms with van der Waals surface area (Å²) in [6, 6.07) is 10.4. The molecular weight excluding hydrogens is 316 g/mol. The average molecular weight is 340 g/mol. The van der Waals surface area contributed by atoms with Crippen LogP contribution in [0.3, 0.4) is 0 Å². The molecule has 1 amide bonds. The lowest BCUT2D eigenvalue weighted by Crippen LogP contribution is -2.51. The van der Waals surface area contributed by atoms with Crippen molar-refractivity contribution in [2.24, 2.45) is 0 Å². The maximum Gasteiger partial charge on any atom is 0.236 e. The van der Waals surface area contributed by atoms with Gasteiger partial charge in [0.25, 0.3) is 0 Å². The summed E-state index contributed by atoms with van der Waals surface area (Å²) in [7, 11) is 0. The van der Waals surface area contributed by atoms with E-state index in [1.54, 1.807) is 0 Å². The lowest BCUT2D eigenvalue weighted by atomic mass is 10.2. The van der Waals surface area contributed by atoms with Crippen LogP contribution < -0.4 is 4.90 Å². The lowest BCUT2D eigenvalue weighted by Gasteiger charge is -2.37. The van der Waals surface area contributed by atoms with Gasteiger partial charge in [-0.15, -0.1) is 10.2 Å². The van der Waals surface area contributed by atoms with Crippen molar-refractivity contribution in [2.45, 2.75) is 20.0 Å². The van der Waals surface area contributed by atoms with Crippen molar-refractivity contribution in [1.82, 2.24) is 24.6 Å². The second-order valence-corrected chi connectivity index (χ2v) is 6.73. The van der Waals surface area contributed by atoms with Crippen LogP contribution in [0.25, 0.3) is 0 Å². The second-order valence-electron chi connectivity index (χ2n) is 6.73. The van der Waals surface area contributed by atoms with E-state index in [4.69, 9.17) is 0 Å². The van der Waals surface area contributed by atoms with Crippen molar-refractivity contribution in [1.29, 1.82) is 0 Å². The number of carbonyl (C=O) groups excluding carboxylic acids is 1. The van der Waals surface area contributed by atoms with Crippen LogP contribution in [0.15, 0.2) is 30.3 Å². The molecule has 1 aromatic heterocycles. The number of carbonyl (C=O) groups is 1. The highest BCUT2D eigenvalue weighted by Crippen LogP contribution is 2.16. The molecule has 0 bridgehead atoms. The van der Waals surface area contributed by atoms with E-state index in [2.05, 4.69) is 48.8 Å². The molecule has 1 fully saturated rings. The van der Waals surface area contributed by atoms with E-state index in [1.807, 2.05) is 17.9 Å². The van der Waals surface area contributed by atoms with E-state index in [0.29, 0.717) is 13.1 Å². The van der Waals surface area contributed by atoms with Crippen LogP contribution in [0, 0.1) is 6.92 Å². The molecule has 0 saturated carbocycles. The number of anilines is 1. The van der Waals surface area contributed by atoms with Crippen molar-refractivity contribution in [3.05, 3.63) is 42.0 Å². The Morgan fingerprint density at radius 2 is 1.76 bits per heavy atom. The molecule has 1 aromatic carbocycles. The minimum Gasteiger partial charge on any atom is -0.368 e. The lowest BCUT2D eigenvalue weighted by molar-refractivity contribution is -0.133. The molecule has 2 aliphatic rings. The third-order valence-corrected chi connectivity index (χ3v) is 5.13. The number of hydrogen-bond donors (Lipinski definition) is 0. The number of fused-ring (bicyclic) bond motifs is 1. The van der Waals surface area contributed by atoms with Crippen LogP contribution in [0.1, 0.15) is 11.6 Å². The third kappa shape index (κ3) is 3.37. The molecule has 2 aliphatic heterocycles. The predicted molar refractivity (Wildman–Crippen MR) is 95.3 cm³/mol. The summed E-state index contributed by atoms with van der Waals surface area (Å²) in [5.74, 6) is 2.14. The zero-order valence-corrected chi connectivity index (χ0v) is 14.6. The van der Waals surface area contributed by atoms with E-state index >= 15 is 0 Å². The summed E-state index contributed by atoms with van der Waals surface area (Å²) >= 11 is 0. The number of aromatic nitrogens is 3.